The van der Waals surface area contributed by atoms with Gasteiger partial charge >= 0.3 is 0 Å². The molecule has 2 fully saturated rings. The van der Waals surface area contributed by atoms with Crippen LogP contribution in [0.25, 0.3) is 16.7 Å². The number of likely N-dealkylation sites (N-methyl/N-ethyl adjacent to an activating group) is 1. The van der Waals surface area contributed by atoms with Crippen molar-refractivity contribution in [2.45, 2.75) is 12.5 Å². The first-order valence-electron chi connectivity index (χ1n) is 10.4. The summed E-state index contributed by atoms with van der Waals surface area (Å²) in [6, 6.07) is 16.5. The lowest BCUT2D eigenvalue weighted by Crippen LogP contribution is -2.50. The molecule has 3 heterocycles. The molecular weight excluding hydrogens is 362 g/mol. The maximum Gasteiger partial charge on any atom is 0.253 e. The van der Waals surface area contributed by atoms with Gasteiger partial charge in [-0.05, 0) is 49.9 Å². The summed E-state index contributed by atoms with van der Waals surface area (Å²) < 4.78 is 2.06. The molecule has 0 saturated carbocycles. The van der Waals surface area contributed by atoms with Crippen LogP contribution in [0.3, 0.4) is 0 Å². The number of rotatable bonds is 3. The zero-order chi connectivity index (χ0) is 19.8. The van der Waals surface area contributed by atoms with Crippen molar-refractivity contribution < 1.29 is 4.79 Å². The molecule has 0 N–H and O–H groups in total. The van der Waals surface area contributed by atoms with Crippen LogP contribution in [0.2, 0.25) is 0 Å². The number of nitrogens with zero attached hydrogens (tertiary/aromatic N) is 5. The Morgan fingerprint density at radius 2 is 1.72 bits per heavy atom. The standard InChI is InChI=1S/C23H27N5O/c1-25-12-14-26(15-13-25)20-10-11-27(16-20)23(29)18-6-8-19(9-7-18)28-17-24-21-4-2-3-5-22(21)28/h2-9,17,20H,10-16H2,1H3/t20-/m0/s1. The largest absolute Gasteiger partial charge is 0.337 e. The summed E-state index contributed by atoms with van der Waals surface area (Å²) in [7, 11) is 2.18. The number of aromatic nitrogens is 2. The summed E-state index contributed by atoms with van der Waals surface area (Å²) in [6.07, 6.45) is 2.91. The predicted molar refractivity (Wildman–Crippen MR) is 114 cm³/mol. The molecule has 1 atom stereocenters. The maximum absolute atomic E-state index is 13.0. The third-order valence-corrected chi connectivity index (χ3v) is 6.35. The van der Waals surface area contributed by atoms with E-state index in [1.165, 1.54) is 0 Å². The van der Waals surface area contributed by atoms with E-state index >= 15 is 0 Å². The van der Waals surface area contributed by atoms with Crippen LogP contribution in [0.5, 0.6) is 0 Å². The molecule has 2 aliphatic heterocycles. The van der Waals surface area contributed by atoms with Gasteiger partial charge in [0.15, 0.2) is 0 Å². The van der Waals surface area contributed by atoms with Crippen LogP contribution in [-0.2, 0) is 0 Å². The minimum Gasteiger partial charge on any atom is -0.337 e. The van der Waals surface area contributed by atoms with E-state index in [9.17, 15) is 4.79 Å². The Balaban J connectivity index is 1.27. The highest BCUT2D eigenvalue weighted by Gasteiger charge is 2.31. The van der Waals surface area contributed by atoms with Crippen molar-refractivity contribution in [2.24, 2.45) is 0 Å². The monoisotopic (exact) mass is 389 g/mol. The zero-order valence-corrected chi connectivity index (χ0v) is 16.9. The molecule has 2 saturated heterocycles. The van der Waals surface area contributed by atoms with Crippen molar-refractivity contribution in [1.29, 1.82) is 0 Å². The highest BCUT2D eigenvalue weighted by molar-refractivity contribution is 5.94. The number of piperazine rings is 1. The van der Waals surface area contributed by atoms with Crippen molar-refractivity contribution in [3.8, 4) is 5.69 Å². The van der Waals surface area contributed by atoms with E-state index in [1.54, 1.807) is 0 Å². The van der Waals surface area contributed by atoms with Gasteiger partial charge in [-0.15, -0.1) is 0 Å². The van der Waals surface area contributed by atoms with E-state index in [2.05, 4.69) is 32.5 Å². The number of hydrogen-bond acceptors (Lipinski definition) is 4. The lowest BCUT2D eigenvalue weighted by molar-refractivity contribution is 0.0755. The molecule has 0 spiro atoms. The van der Waals surface area contributed by atoms with E-state index < -0.39 is 0 Å². The van der Waals surface area contributed by atoms with Crippen molar-refractivity contribution in [3.05, 3.63) is 60.4 Å². The highest BCUT2D eigenvalue weighted by atomic mass is 16.2. The molecule has 6 nitrogen and oxygen atoms in total. The summed E-state index contributed by atoms with van der Waals surface area (Å²) in [6.45, 7) is 6.15. The summed E-state index contributed by atoms with van der Waals surface area (Å²) in [5.41, 5.74) is 3.82. The third kappa shape index (κ3) is 3.54. The average molecular weight is 390 g/mol. The highest BCUT2D eigenvalue weighted by Crippen LogP contribution is 2.22. The van der Waals surface area contributed by atoms with Gasteiger partial charge in [-0.3, -0.25) is 14.3 Å². The molecule has 150 valence electrons. The van der Waals surface area contributed by atoms with Gasteiger partial charge in [0, 0.05) is 56.6 Å². The van der Waals surface area contributed by atoms with E-state index in [-0.39, 0.29) is 5.91 Å². The zero-order valence-electron chi connectivity index (χ0n) is 16.9. The summed E-state index contributed by atoms with van der Waals surface area (Å²) in [5.74, 6) is 0.142. The molecule has 0 aliphatic carbocycles. The van der Waals surface area contributed by atoms with Crippen LogP contribution < -0.4 is 0 Å². The number of benzene rings is 2. The van der Waals surface area contributed by atoms with Gasteiger partial charge < -0.3 is 9.80 Å². The van der Waals surface area contributed by atoms with Gasteiger partial charge in [-0.2, -0.15) is 0 Å². The van der Waals surface area contributed by atoms with Crippen LogP contribution in [0.1, 0.15) is 16.8 Å². The Morgan fingerprint density at radius 3 is 2.52 bits per heavy atom. The van der Waals surface area contributed by atoms with E-state index in [1.807, 2.05) is 53.7 Å². The fourth-order valence-electron chi connectivity index (χ4n) is 4.52. The lowest BCUT2D eigenvalue weighted by atomic mass is 10.1. The Bertz CT molecular complexity index is 1000. The second-order valence-electron chi connectivity index (χ2n) is 8.18. The molecule has 0 unspecified atom stereocenters. The number of para-hydroxylation sites is 2. The number of imidazole rings is 1. The first kappa shape index (κ1) is 18.3. The fraction of sp³-hybridized carbons (Fsp3) is 0.391. The maximum atomic E-state index is 13.0. The molecule has 3 aromatic rings. The van der Waals surface area contributed by atoms with E-state index in [4.69, 9.17) is 0 Å². The first-order chi connectivity index (χ1) is 14.2. The molecule has 1 aromatic heterocycles. The third-order valence-electron chi connectivity index (χ3n) is 6.35. The normalized spacial score (nSPS) is 21.1. The van der Waals surface area contributed by atoms with Crippen LogP contribution in [0.15, 0.2) is 54.9 Å². The molecule has 6 heteroatoms. The second-order valence-corrected chi connectivity index (χ2v) is 8.18. The average Bonchev–Trinajstić information content (AvgIpc) is 3.42. The topological polar surface area (TPSA) is 44.6 Å². The number of fused-ring (bicyclic) bond motifs is 1. The quantitative estimate of drug-likeness (QED) is 0.690. The summed E-state index contributed by atoms with van der Waals surface area (Å²) in [5, 5.41) is 0. The minimum absolute atomic E-state index is 0.142. The van der Waals surface area contributed by atoms with Crippen molar-refractivity contribution in [3.63, 3.8) is 0 Å². The Morgan fingerprint density at radius 1 is 0.966 bits per heavy atom. The van der Waals surface area contributed by atoms with Crippen LogP contribution in [0, 0.1) is 0 Å². The SMILES string of the molecule is CN1CCN([C@H]2CCN(C(=O)c3ccc(-n4cnc5ccccc54)cc3)C2)CC1. The van der Waals surface area contributed by atoms with Gasteiger partial charge in [0.05, 0.1) is 11.0 Å². The van der Waals surface area contributed by atoms with E-state index in [0.29, 0.717) is 6.04 Å². The van der Waals surface area contributed by atoms with E-state index in [0.717, 1.165) is 68.0 Å². The van der Waals surface area contributed by atoms with Crippen molar-refractivity contribution >= 4 is 16.9 Å². The number of likely N-dealkylation sites (tertiary alicyclic amines) is 1. The van der Waals surface area contributed by atoms with Crippen LogP contribution in [-0.4, -0.2) is 82.5 Å². The number of amides is 1. The lowest BCUT2D eigenvalue weighted by Gasteiger charge is -2.36. The fourth-order valence-corrected chi connectivity index (χ4v) is 4.52. The van der Waals surface area contributed by atoms with Crippen LogP contribution in [0.4, 0.5) is 0 Å². The molecule has 2 aliphatic rings. The molecule has 1 amide bonds. The molecule has 0 radical (unpaired) electrons. The second kappa shape index (κ2) is 7.61. The van der Waals surface area contributed by atoms with Crippen molar-refractivity contribution in [2.75, 3.05) is 46.3 Å². The van der Waals surface area contributed by atoms with Gasteiger partial charge in [0.1, 0.15) is 6.33 Å². The Hall–Kier alpha value is -2.70. The molecule has 29 heavy (non-hydrogen) atoms. The Labute approximate surface area is 171 Å². The van der Waals surface area contributed by atoms with Crippen molar-refractivity contribution in [1.82, 2.24) is 24.3 Å². The smallest absolute Gasteiger partial charge is 0.253 e. The number of carbonyl (C=O) groups is 1. The Kier molecular flexibility index (Phi) is 4.81. The number of hydrogen-bond donors (Lipinski definition) is 0. The molecular formula is C23H27N5O. The molecule has 5 rings (SSSR count). The van der Waals surface area contributed by atoms with Crippen LogP contribution >= 0.6 is 0 Å². The molecule has 0 bridgehead atoms. The number of carbonyl (C=O) groups excluding carboxylic acids is 1. The van der Waals surface area contributed by atoms with Gasteiger partial charge in [-0.1, -0.05) is 12.1 Å². The van der Waals surface area contributed by atoms with Gasteiger partial charge in [0.25, 0.3) is 5.91 Å². The molecule has 2 aromatic carbocycles. The predicted octanol–water partition coefficient (Wildman–Crippen LogP) is 2.49. The summed E-state index contributed by atoms with van der Waals surface area (Å²) >= 11 is 0. The van der Waals surface area contributed by atoms with Gasteiger partial charge in [0.2, 0.25) is 0 Å². The summed E-state index contributed by atoms with van der Waals surface area (Å²) in [4.78, 5) is 24.4. The minimum atomic E-state index is 0.142. The first-order valence-corrected chi connectivity index (χ1v) is 10.4. The van der Waals surface area contributed by atoms with Gasteiger partial charge in [-0.25, -0.2) is 4.98 Å².